The second-order valence-electron chi connectivity index (χ2n) is 17.6. The van der Waals surface area contributed by atoms with Gasteiger partial charge in [-0.1, -0.05) is 167 Å². The molecule has 0 saturated heterocycles. The number of carbonyl (C=O) groups excluding carboxylic acids is 4. The van der Waals surface area contributed by atoms with Crippen molar-refractivity contribution >= 4 is 23.1 Å². The Morgan fingerprint density at radius 3 is 1.11 bits per heavy atom. The van der Waals surface area contributed by atoms with Crippen LogP contribution in [0.15, 0.2) is 47.3 Å². The Labute approximate surface area is 441 Å². The Balaban J connectivity index is -0.000000106. The smallest absolute Gasteiger partial charge is 0.164 e. The molecule has 0 aliphatic carbocycles. The van der Waals surface area contributed by atoms with E-state index in [-0.39, 0.29) is 133 Å². The van der Waals surface area contributed by atoms with Gasteiger partial charge < -0.3 is 20.4 Å². The third-order valence-corrected chi connectivity index (χ3v) is 9.07. The SMILES string of the molecule is CCCCC(O)=CC(=O)C(C)C.CCCCCC(O)=CC(=O)CC(C)C.CCCCCCC(O)=CC(=O)CCC.CCCCCCCCCCC(O)=CC(=O)C(C)(C)C.[Ir].[Ir].[Ir].[Ir]. The summed E-state index contributed by atoms with van der Waals surface area (Å²) in [5.41, 5.74) is -0.396. The summed E-state index contributed by atoms with van der Waals surface area (Å²) in [7, 11) is 0. The fraction of sp³-hybridized carbons (Fsp3) is 0.765. The minimum Gasteiger partial charge on any atom is -0.512 e. The molecule has 0 amide bonds. The molecule has 8 nitrogen and oxygen atoms in total. The van der Waals surface area contributed by atoms with Crippen molar-refractivity contribution in [3.05, 3.63) is 47.3 Å². The molecule has 0 spiro atoms. The van der Waals surface area contributed by atoms with E-state index in [1.165, 1.54) is 75.7 Å². The number of carbonyl (C=O) groups is 4. The first-order valence-corrected chi connectivity index (χ1v) is 23.4. The number of hydrogen-bond donors (Lipinski definition) is 4. The third-order valence-electron chi connectivity index (χ3n) is 9.07. The summed E-state index contributed by atoms with van der Waals surface area (Å²) in [6.45, 7) is 23.8. The molecule has 63 heavy (non-hydrogen) atoms. The van der Waals surface area contributed by atoms with Gasteiger partial charge in [-0.05, 0) is 38.0 Å². The molecule has 12 heteroatoms. The van der Waals surface area contributed by atoms with Crippen LogP contribution < -0.4 is 0 Å². The molecule has 0 aromatic carbocycles. The van der Waals surface area contributed by atoms with E-state index in [0.29, 0.717) is 44.4 Å². The summed E-state index contributed by atoms with van der Waals surface area (Å²) in [6, 6.07) is 0. The molecule has 382 valence electrons. The molecular weight excluding hydrogens is 1510 g/mol. The number of hydrogen-bond acceptors (Lipinski definition) is 8. The van der Waals surface area contributed by atoms with Crippen molar-refractivity contribution in [1.29, 1.82) is 0 Å². The van der Waals surface area contributed by atoms with Crippen LogP contribution in [-0.2, 0) is 99.6 Å². The Morgan fingerprint density at radius 1 is 0.413 bits per heavy atom. The van der Waals surface area contributed by atoms with Crippen molar-refractivity contribution in [2.75, 3.05) is 0 Å². The second-order valence-corrected chi connectivity index (χ2v) is 17.6. The number of allylic oxidation sites excluding steroid dienone is 8. The molecular formula is C51H94Ir4O8. The van der Waals surface area contributed by atoms with E-state index in [1.807, 2.05) is 55.4 Å². The maximum absolute atomic E-state index is 11.7. The van der Waals surface area contributed by atoms with Crippen molar-refractivity contribution in [2.24, 2.45) is 17.3 Å². The molecule has 0 heterocycles. The number of aliphatic hydroxyl groups is 4. The molecule has 4 radical (unpaired) electrons. The maximum Gasteiger partial charge on any atom is 0.164 e. The van der Waals surface area contributed by atoms with Crippen LogP contribution in [0.3, 0.4) is 0 Å². The molecule has 0 aromatic rings. The summed E-state index contributed by atoms with van der Waals surface area (Å²) in [5.74, 6) is 1.38. The monoisotopic (exact) mass is 1610 g/mol. The van der Waals surface area contributed by atoms with E-state index >= 15 is 0 Å². The average molecular weight is 1600 g/mol. The first kappa shape index (κ1) is 79.5. The zero-order valence-corrected chi connectivity index (χ0v) is 51.3. The number of aliphatic hydroxyl groups excluding tert-OH is 4. The summed E-state index contributed by atoms with van der Waals surface area (Å²) < 4.78 is 0. The van der Waals surface area contributed by atoms with Crippen LogP contribution in [0.25, 0.3) is 0 Å². The van der Waals surface area contributed by atoms with E-state index in [1.54, 1.807) is 0 Å². The zero-order valence-electron chi connectivity index (χ0n) is 41.7. The van der Waals surface area contributed by atoms with E-state index in [4.69, 9.17) is 0 Å². The summed E-state index contributed by atoms with van der Waals surface area (Å²) >= 11 is 0. The Hall–Kier alpha value is -0.563. The first-order chi connectivity index (χ1) is 27.7. The van der Waals surface area contributed by atoms with Crippen LogP contribution in [0, 0.1) is 17.3 Å². The maximum atomic E-state index is 11.7. The van der Waals surface area contributed by atoms with Gasteiger partial charge in [-0.3, -0.25) is 19.2 Å². The summed E-state index contributed by atoms with van der Waals surface area (Å²) in [6.07, 6.45) is 29.6. The van der Waals surface area contributed by atoms with E-state index in [9.17, 15) is 39.6 Å². The minimum atomic E-state index is -0.396. The average Bonchev–Trinajstić information content (AvgIpc) is 3.13. The van der Waals surface area contributed by atoms with Crippen molar-refractivity contribution in [1.82, 2.24) is 0 Å². The van der Waals surface area contributed by atoms with Crippen LogP contribution >= 0.6 is 0 Å². The topological polar surface area (TPSA) is 149 Å². The van der Waals surface area contributed by atoms with Gasteiger partial charge in [-0.15, -0.1) is 0 Å². The van der Waals surface area contributed by atoms with Gasteiger partial charge in [0.25, 0.3) is 0 Å². The van der Waals surface area contributed by atoms with Crippen molar-refractivity contribution < 1.29 is 120 Å². The van der Waals surface area contributed by atoms with E-state index in [2.05, 4.69) is 27.7 Å². The Bertz CT molecular complexity index is 1200. The van der Waals surface area contributed by atoms with Crippen LogP contribution in [0.2, 0.25) is 0 Å². The molecule has 0 unspecified atom stereocenters. The van der Waals surface area contributed by atoms with Crippen LogP contribution in [-0.4, -0.2) is 43.6 Å². The van der Waals surface area contributed by atoms with Crippen molar-refractivity contribution in [3.63, 3.8) is 0 Å². The van der Waals surface area contributed by atoms with Crippen LogP contribution in [0.5, 0.6) is 0 Å². The van der Waals surface area contributed by atoms with Gasteiger partial charge in [0, 0.05) is 155 Å². The molecule has 0 atom stereocenters. The number of unbranched alkanes of at least 4 members (excludes halogenated alkanes) is 13. The standard InChI is InChI=1S/C17H32O2.2C12H22O2.C10H18O2.4Ir/c1-5-6-7-8-9-10-11-12-13-15(18)14-16(19)17(2,3)4;1-4-5-6-7-11(13)9-12(14)8-10(2)3;1-3-5-6-7-9-12(14)10-11(13)8-4-2;1-4-5-6-9(11)7-10(12)8(2)3;;;;/h14,18H,5-13H2,1-4H3;9-10,13H,4-8H2,1-3H3;10,14H,3-9H2,1-2H3;7-8,11H,4-6H2,1-3H3;;;;. The molecule has 0 fully saturated rings. The normalized spacial score (nSPS) is 11.5. The Kier molecular flexibility index (Phi) is 70.4. The van der Waals surface area contributed by atoms with Crippen LogP contribution in [0.4, 0.5) is 0 Å². The van der Waals surface area contributed by atoms with Gasteiger partial charge in [-0.2, -0.15) is 0 Å². The molecule has 0 aromatic heterocycles. The third kappa shape index (κ3) is 65.8. The van der Waals surface area contributed by atoms with Crippen LogP contribution in [0.1, 0.15) is 237 Å². The van der Waals surface area contributed by atoms with Crippen molar-refractivity contribution in [2.45, 2.75) is 237 Å². The molecule has 0 aliphatic heterocycles. The molecule has 0 rings (SSSR count). The predicted octanol–water partition coefficient (Wildman–Crippen LogP) is 15.8. The quantitative estimate of drug-likeness (QED) is 0.0316. The van der Waals surface area contributed by atoms with Gasteiger partial charge in [-0.25, -0.2) is 0 Å². The van der Waals surface area contributed by atoms with Gasteiger partial charge >= 0.3 is 0 Å². The van der Waals surface area contributed by atoms with E-state index < -0.39 is 5.41 Å². The zero-order chi connectivity index (χ0) is 46.1. The molecule has 0 aliphatic rings. The van der Waals surface area contributed by atoms with Gasteiger partial charge in [0.1, 0.15) is 0 Å². The molecule has 0 bridgehead atoms. The summed E-state index contributed by atoms with van der Waals surface area (Å²) in [5, 5.41) is 37.7. The van der Waals surface area contributed by atoms with E-state index in [0.717, 1.165) is 64.2 Å². The predicted molar refractivity (Wildman–Crippen MR) is 251 cm³/mol. The van der Waals surface area contributed by atoms with Gasteiger partial charge in [0.2, 0.25) is 0 Å². The fourth-order valence-electron chi connectivity index (χ4n) is 5.23. The number of ketones is 4. The molecule has 0 saturated carbocycles. The first-order valence-electron chi connectivity index (χ1n) is 23.4. The fourth-order valence-corrected chi connectivity index (χ4v) is 5.23. The van der Waals surface area contributed by atoms with Crippen molar-refractivity contribution in [3.8, 4) is 0 Å². The number of rotatable bonds is 30. The van der Waals surface area contributed by atoms with Gasteiger partial charge in [0.05, 0.1) is 23.0 Å². The second kappa shape index (κ2) is 55.8. The summed E-state index contributed by atoms with van der Waals surface area (Å²) in [4.78, 5) is 45.1. The van der Waals surface area contributed by atoms with Gasteiger partial charge in [0.15, 0.2) is 23.1 Å². The minimum absolute atomic E-state index is 0. The Morgan fingerprint density at radius 2 is 0.730 bits per heavy atom. The molecule has 4 N–H and O–H groups in total. The largest absolute Gasteiger partial charge is 0.512 e.